The molecule has 7 heterocycles. The zero-order valence-electron chi connectivity index (χ0n) is 57.1. The van der Waals surface area contributed by atoms with Crippen LogP contribution in [-0.4, -0.2) is 200 Å². The third kappa shape index (κ3) is 19.6. The molecule has 0 radical (unpaired) electrons. The van der Waals surface area contributed by atoms with E-state index < -0.39 is 64.7 Å². The molecule has 5 aliphatic heterocycles. The molecule has 13 rings (SSSR count). The number of carbonyl (C=O) groups is 2. The van der Waals surface area contributed by atoms with Crippen LogP contribution in [0.3, 0.4) is 0 Å². The minimum Gasteiger partial charge on any atom is -0.478 e. The summed E-state index contributed by atoms with van der Waals surface area (Å²) in [6, 6.07) is 33.2. The molecule has 2 aromatic heterocycles. The third-order valence-corrected chi connectivity index (χ3v) is 21.3. The standard InChI is InChI=1S/C20H17ClF4N4O3.C18H15Cl2F3N4O3.2C17H16Cl3N3O/c21-14-6-10(19(30)31)7-26-17(14)28-8-11-4-5-12(9-28)29(11)18(27-32)16-13(20(23,24)25)2-1-3-15(16)22;19-13-2-1-11(18(21,22)23)8-12(13)15(25-30)26-3-5-27(6-4-26)16-14(20)7-10(9-24-16)17(28)29;18-13-5-1-2-7-15(13)22-8-10-23(11-9-22)17(21-24)12-4-3-6-14(19)16(12)20;18-12-5-6-13(15(20)11-12)17(21-24)23-9-7-22(8-10-23)16-4-2-1-3-14(16)19/h1-3,6-7,11-12,32H,4-5,8-9H2,(H,30,31);1-2,7-9,30H,3-6H2,(H,28,29);1-7,24H,8-11H2;1-6,11,24H,7-10H2. The molecule has 2 bridgehead atoms. The van der Waals surface area contributed by atoms with Crippen molar-refractivity contribution in [3.05, 3.63) is 241 Å². The molecule has 2 atom stereocenters. The largest absolute Gasteiger partial charge is 0.478 e. The zero-order chi connectivity index (χ0) is 79.5. The quantitative estimate of drug-likeness (QED) is 0.0245. The summed E-state index contributed by atoms with van der Waals surface area (Å²) in [6.45, 7) is 7.66. The van der Waals surface area contributed by atoms with Crippen LogP contribution >= 0.6 is 104 Å². The Bertz CT molecular complexity index is 4770. The van der Waals surface area contributed by atoms with E-state index in [-0.39, 0.29) is 63.8 Å². The van der Waals surface area contributed by atoms with Crippen molar-refractivity contribution in [1.82, 2.24) is 29.6 Å². The third-order valence-electron chi connectivity index (χ3n) is 18.4. The van der Waals surface area contributed by atoms with Crippen LogP contribution in [-0.2, 0) is 12.4 Å². The molecule has 0 amide bonds. The molecule has 5 fully saturated rings. The van der Waals surface area contributed by atoms with Crippen LogP contribution in [0.2, 0.25) is 45.2 Å². The van der Waals surface area contributed by atoms with Crippen LogP contribution in [0.25, 0.3) is 0 Å². The first-order valence-corrected chi connectivity index (χ1v) is 36.7. The van der Waals surface area contributed by atoms with E-state index in [9.17, 15) is 61.2 Å². The summed E-state index contributed by atoms with van der Waals surface area (Å²) in [5.74, 6) is -2.39. The maximum atomic E-state index is 14.5. The topological polar surface area (TPSA) is 257 Å². The average molecular weight is 1710 g/mol. The van der Waals surface area contributed by atoms with E-state index in [1.165, 1.54) is 29.4 Å². The van der Waals surface area contributed by atoms with Gasteiger partial charge in [0.25, 0.3) is 0 Å². The van der Waals surface area contributed by atoms with Crippen molar-refractivity contribution in [2.75, 3.05) is 111 Å². The first-order chi connectivity index (χ1) is 52.4. The zero-order valence-corrected chi connectivity index (χ0v) is 63.9. The minimum atomic E-state index is -4.84. The number of piperazine rings is 4. The Kier molecular flexibility index (Phi) is 28.0. The van der Waals surface area contributed by atoms with Gasteiger partial charge in [-0.15, -0.1) is 0 Å². The van der Waals surface area contributed by atoms with E-state index in [0.29, 0.717) is 107 Å². The molecular weight excluding hydrogens is 1640 g/mol. The van der Waals surface area contributed by atoms with Gasteiger partial charge >= 0.3 is 24.3 Å². The average Bonchev–Trinajstić information content (AvgIpc) is 1.66. The number of carboxylic acids is 2. The van der Waals surface area contributed by atoms with E-state index in [0.717, 1.165) is 84.0 Å². The monoisotopic (exact) mass is 1700 g/mol. The number of rotatable bonds is 10. The van der Waals surface area contributed by atoms with Gasteiger partial charge in [0.1, 0.15) is 17.5 Å². The van der Waals surface area contributed by atoms with Gasteiger partial charge in [0, 0.05) is 138 Å². The fourth-order valence-electron chi connectivity index (χ4n) is 13.1. The smallest absolute Gasteiger partial charge is 0.417 e. The number of halogens is 16. The second kappa shape index (κ2) is 36.9. The number of hydrogen-bond acceptors (Lipinski definition) is 16. The highest BCUT2D eigenvalue weighted by Crippen LogP contribution is 2.41. The predicted octanol–water partition coefficient (Wildman–Crippen LogP) is 17.4. The van der Waals surface area contributed by atoms with Gasteiger partial charge in [-0.2, -0.15) is 26.3 Å². The summed E-state index contributed by atoms with van der Waals surface area (Å²) in [6.07, 6.45) is -5.89. The molecule has 2 unspecified atom stereocenters. The van der Waals surface area contributed by atoms with Crippen LogP contribution in [0.4, 0.5) is 53.7 Å². The number of anilines is 4. The van der Waals surface area contributed by atoms with E-state index >= 15 is 0 Å². The maximum Gasteiger partial charge on any atom is 0.417 e. The number of aromatic carboxylic acids is 2. The second-order valence-corrected chi connectivity index (χ2v) is 28.6. The van der Waals surface area contributed by atoms with Crippen molar-refractivity contribution in [2.45, 2.75) is 37.3 Å². The van der Waals surface area contributed by atoms with Gasteiger partial charge < -0.3 is 70.2 Å². The number of alkyl halides is 6. The summed E-state index contributed by atoms with van der Waals surface area (Å²) in [7, 11) is 0. The Hall–Kier alpha value is -9.04. The summed E-state index contributed by atoms with van der Waals surface area (Å²) in [4.78, 5) is 45.5. The van der Waals surface area contributed by atoms with E-state index in [2.05, 4.69) is 40.4 Å². The lowest BCUT2D eigenvalue weighted by Crippen LogP contribution is -2.56. The van der Waals surface area contributed by atoms with Crippen LogP contribution in [0.5, 0.6) is 0 Å². The highest BCUT2D eigenvalue weighted by Gasteiger charge is 2.46. The van der Waals surface area contributed by atoms with Crippen LogP contribution in [0.1, 0.15) is 66.9 Å². The van der Waals surface area contributed by atoms with Gasteiger partial charge in [0.05, 0.1) is 79.4 Å². The number of amidine groups is 4. The number of oxime groups is 4. The summed E-state index contributed by atoms with van der Waals surface area (Å²) >= 11 is 55.4. The molecule has 0 aliphatic carbocycles. The van der Waals surface area contributed by atoms with Gasteiger partial charge in [0.2, 0.25) is 0 Å². The number of para-hydroxylation sites is 2. The molecule has 582 valence electrons. The Balaban J connectivity index is 0.000000157. The van der Waals surface area contributed by atoms with Crippen molar-refractivity contribution >= 4 is 163 Å². The highest BCUT2D eigenvalue weighted by atomic mass is 35.5. The molecule has 5 saturated heterocycles. The van der Waals surface area contributed by atoms with Crippen molar-refractivity contribution in [2.24, 2.45) is 20.6 Å². The van der Waals surface area contributed by atoms with Gasteiger partial charge in [-0.25, -0.2) is 23.9 Å². The molecule has 5 aliphatic rings. The molecule has 0 spiro atoms. The Morgan fingerprint density at radius 2 is 0.864 bits per heavy atom. The van der Waals surface area contributed by atoms with Crippen molar-refractivity contribution in [3.63, 3.8) is 0 Å². The molecule has 6 aromatic carbocycles. The number of carboxylic acid groups (broad SMARTS) is 2. The lowest BCUT2D eigenvalue weighted by atomic mass is 10.0. The number of fused-ring (bicyclic) bond motifs is 2. The first kappa shape index (κ1) is 83.4. The molecule has 6 N–H and O–H groups in total. The lowest BCUT2D eigenvalue weighted by Gasteiger charge is -2.43. The molecule has 0 saturated carbocycles. The SMILES string of the molecule is O=C(O)c1cnc(N2CC3CCC(C2)N3C(=NO)c2c(F)cccc2C(F)(F)F)c(Cl)c1.O=C(O)c1cnc(N2CCN(C(=NO)c3cc(C(F)(F)F)ccc3Cl)CC2)c(Cl)c1.ON=C(c1ccc(Cl)cc1Cl)N1CCN(c2ccccc2Cl)CC1.ON=C(c1cccc(Cl)c1Cl)N1CCN(c2ccccc2Cl)CC1. The number of hydrogen-bond donors (Lipinski definition) is 6. The highest BCUT2D eigenvalue weighted by molar-refractivity contribution is 6.44. The van der Waals surface area contributed by atoms with Crippen molar-refractivity contribution in [3.8, 4) is 0 Å². The number of nitrogens with zero attached hydrogens (tertiary/aromatic N) is 14. The Morgan fingerprint density at radius 1 is 0.418 bits per heavy atom. The molecular formula is C72H64Cl9F7N14O8. The minimum absolute atomic E-state index is 0.0206. The lowest BCUT2D eigenvalue weighted by molar-refractivity contribution is -0.138. The molecule has 8 aromatic rings. The Labute approximate surface area is 669 Å². The van der Waals surface area contributed by atoms with Crippen molar-refractivity contribution < 1.29 is 71.4 Å². The Morgan fingerprint density at radius 3 is 1.31 bits per heavy atom. The van der Waals surface area contributed by atoms with E-state index in [1.807, 2.05) is 58.3 Å². The second-order valence-electron chi connectivity index (χ2n) is 25.0. The van der Waals surface area contributed by atoms with Crippen molar-refractivity contribution in [1.29, 1.82) is 0 Å². The van der Waals surface area contributed by atoms with E-state index in [4.69, 9.17) is 115 Å². The maximum absolute atomic E-state index is 14.5. The summed E-state index contributed by atoms with van der Waals surface area (Å²) in [5.41, 5.74) is 0.239. The fraction of sp³-hybridized carbons (Fsp3) is 0.278. The molecule has 110 heavy (non-hydrogen) atoms. The molecule has 38 heteroatoms. The van der Waals surface area contributed by atoms with Gasteiger partial charge in [-0.1, -0.05) is 161 Å². The summed E-state index contributed by atoms with van der Waals surface area (Å²) < 4.78 is 94.2. The fourth-order valence-corrected chi connectivity index (χ4v) is 15.3. The van der Waals surface area contributed by atoms with Crippen LogP contribution < -0.4 is 19.6 Å². The van der Waals surface area contributed by atoms with Gasteiger partial charge in [0.15, 0.2) is 23.3 Å². The van der Waals surface area contributed by atoms with Crippen LogP contribution in [0, 0.1) is 5.82 Å². The van der Waals surface area contributed by atoms with Crippen LogP contribution in [0.15, 0.2) is 166 Å². The summed E-state index contributed by atoms with van der Waals surface area (Å²) in [5, 5.41) is 72.9. The van der Waals surface area contributed by atoms with Gasteiger partial charge in [-0.3, -0.25) is 0 Å². The van der Waals surface area contributed by atoms with Gasteiger partial charge in [-0.05, 0) is 110 Å². The van der Waals surface area contributed by atoms with E-state index in [1.54, 1.807) is 51.1 Å². The molecule has 22 nitrogen and oxygen atoms in total. The predicted molar refractivity (Wildman–Crippen MR) is 412 cm³/mol. The normalized spacial score (nSPS) is 17.2. The number of benzene rings is 6. The number of pyridine rings is 2. The number of aromatic nitrogens is 2. The first-order valence-electron chi connectivity index (χ1n) is 33.3.